The normalized spacial score (nSPS) is 10.6. The van der Waals surface area contributed by atoms with E-state index in [1.165, 1.54) is 5.56 Å². The Hall–Kier alpha value is -3.15. The third kappa shape index (κ3) is 6.26. The molecule has 1 N–H and O–H groups in total. The molecule has 6 nitrogen and oxygen atoms in total. The number of nitrogens with zero attached hydrogens (tertiary/aromatic N) is 3. The first-order valence-corrected chi connectivity index (χ1v) is 9.08. The van der Waals surface area contributed by atoms with Crippen molar-refractivity contribution < 1.29 is 9.53 Å². The second kappa shape index (κ2) is 9.52. The molecule has 0 aliphatic carbocycles. The number of para-hydroxylation sites is 1. The minimum Gasteiger partial charge on any atom is -0.487 e. The molecule has 1 amide bonds. The third-order valence-electron chi connectivity index (χ3n) is 4.12. The first kappa shape index (κ1) is 18.6. The molecule has 140 valence electrons. The molecule has 3 rings (SSSR count). The SMILES string of the molecule is Cc1ccc(CNC(=O)CCCn2cc(COc3ccccc3)nn2)cc1. The molecule has 0 unspecified atom stereocenters. The highest BCUT2D eigenvalue weighted by Crippen LogP contribution is 2.10. The summed E-state index contributed by atoms with van der Waals surface area (Å²) in [6.45, 7) is 3.63. The Bertz CT molecular complexity index is 844. The zero-order chi connectivity index (χ0) is 18.9. The molecule has 27 heavy (non-hydrogen) atoms. The van der Waals surface area contributed by atoms with Gasteiger partial charge in [-0.1, -0.05) is 53.2 Å². The molecule has 3 aromatic rings. The van der Waals surface area contributed by atoms with Gasteiger partial charge in [-0.25, -0.2) is 0 Å². The van der Waals surface area contributed by atoms with Crippen molar-refractivity contribution in [2.24, 2.45) is 0 Å². The van der Waals surface area contributed by atoms with Gasteiger partial charge in [0.1, 0.15) is 18.1 Å². The van der Waals surface area contributed by atoms with Crippen LogP contribution in [0, 0.1) is 6.92 Å². The number of carbonyl (C=O) groups excluding carboxylic acids is 1. The molecule has 1 heterocycles. The fourth-order valence-corrected chi connectivity index (χ4v) is 2.58. The van der Waals surface area contributed by atoms with E-state index in [9.17, 15) is 4.79 Å². The van der Waals surface area contributed by atoms with Crippen LogP contribution < -0.4 is 10.1 Å². The number of aromatic nitrogens is 3. The predicted molar refractivity (Wildman–Crippen MR) is 103 cm³/mol. The topological polar surface area (TPSA) is 69.0 Å². The van der Waals surface area contributed by atoms with Crippen LogP contribution in [0.3, 0.4) is 0 Å². The van der Waals surface area contributed by atoms with Gasteiger partial charge in [0, 0.05) is 19.5 Å². The first-order chi connectivity index (χ1) is 13.2. The standard InChI is InChI=1S/C21H24N4O2/c1-17-9-11-18(12-10-17)14-22-21(26)8-5-13-25-15-19(23-24-25)16-27-20-6-3-2-4-7-20/h2-4,6-7,9-12,15H,5,8,13-14,16H2,1H3,(H,22,26). The first-order valence-electron chi connectivity index (χ1n) is 9.08. The van der Waals surface area contributed by atoms with Gasteiger partial charge >= 0.3 is 0 Å². The maximum atomic E-state index is 12.0. The van der Waals surface area contributed by atoms with Gasteiger partial charge in [-0.05, 0) is 31.0 Å². The van der Waals surface area contributed by atoms with Crippen molar-refractivity contribution in [3.63, 3.8) is 0 Å². The lowest BCUT2D eigenvalue weighted by molar-refractivity contribution is -0.121. The van der Waals surface area contributed by atoms with E-state index in [2.05, 4.69) is 15.6 Å². The van der Waals surface area contributed by atoms with E-state index in [-0.39, 0.29) is 5.91 Å². The van der Waals surface area contributed by atoms with Crippen LogP contribution in [0.4, 0.5) is 0 Å². The number of rotatable bonds is 9. The number of hydrogen-bond donors (Lipinski definition) is 1. The Balaban J connectivity index is 1.34. The van der Waals surface area contributed by atoms with Crippen molar-refractivity contribution in [2.75, 3.05) is 0 Å². The van der Waals surface area contributed by atoms with Gasteiger partial charge in [-0.15, -0.1) is 5.10 Å². The fraction of sp³-hybridized carbons (Fsp3) is 0.286. The molecule has 1 aromatic heterocycles. The molecule has 0 aliphatic rings. The number of aryl methyl sites for hydroxylation is 2. The highest BCUT2D eigenvalue weighted by Gasteiger charge is 2.05. The molecule has 0 aliphatic heterocycles. The second-order valence-corrected chi connectivity index (χ2v) is 6.44. The van der Waals surface area contributed by atoms with Crippen LogP contribution in [0.15, 0.2) is 60.8 Å². The van der Waals surface area contributed by atoms with Crippen LogP contribution in [0.1, 0.15) is 29.7 Å². The molecular weight excluding hydrogens is 340 g/mol. The zero-order valence-electron chi connectivity index (χ0n) is 15.5. The van der Waals surface area contributed by atoms with Crippen molar-refractivity contribution in [3.8, 4) is 5.75 Å². The van der Waals surface area contributed by atoms with Crippen molar-refractivity contribution in [1.29, 1.82) is 0 Å². The third-order valence-corrected chi connectivity index (χ3v) is 4.12. The van der Waals surface area contributed by atoms with Gasteiger partial charge in [0.15, 0.2) is 0 Å². The minimum atomic E-state index is 0.0447. The van der Waals surface area contributed by atoms with Gasteiger partial charge < -0.3 is 10.1 Å². The molecule has 0 bridgehead atoms. The van der Waals surface area contributed by atoms with Crippen LogP contribution in [0.25, 0.3) is 0 Å². The summed E-state index contributed by atoms with van der Waals surface area (Å²) in [6.07, 6.45) is 3.02. The summed E-state index contributed by atoms with van der Waals surface area (Å²) in [5.41, 5.74) is 3.09. The average molecular weight is 364 g/mol. The molecule has 6 heteroatoms. The van der Waals surface area contributed by atoms with Crippen LogP contribution in [0.2, 0.25) is 0 Å². The maximum Gasteiger partial charge on any atom is 0.220 e. The Morgan fingerprint density at radius 1 is 1.11 bits per heavy atom. The Morgan fingerprint density at radius 3 is 2.67 bits per heavy atom. The summed E-state index contributed by atoms with van der Waals surface area (Å²) >= 11 is 0. The monoisotopic (exact) mass is 364 g/mol. The largest absolute Gasteiger partial charge is 0.487 e. The quantitative estimate of drug-likeness (QED) is 0.633. The van der Waals surface area contributed by atoms with Crippen LogP contribution >= 0.6 is 0 Å². The summed E-state index contributed by atoms with van der Waals surface area (Å²) < 4.78 is 7.40. The minimum absolute atomic E-state index is 0.0447. The Morgan fingerprint density at radius 2 is 1.89 bits per heavy atom. The molecule has 0 spiro atoms. The van der Waals surface area contributed by atoms with E-state index in [0.717, 1.165) is 17.0 Å². The molecular formula is C21H24N4O2. The summed E-state index contributed by atoms with van der Waals surface area (Å²) in [6, 6.07) is 17.8. The van der Waals surface area contributed by atoms with Crippen molar-refractivity contribution in [2.45, 2.75) is 39.5 Å². The van der Waals surface area contributed by atoms with E-state index in [0.29, 0.717) is 32.5 Å². The summed E-state index contributed by atoms with van der Waals surface area (Å²) in [5, 5.41) is 11.1. The molecule has 0 fully saturated rings. The van der Waals surface area contributed by atoms with Crippen LogP contribution in [-0.2, 0) is 24.5 Å². The van der Waals surface area contributed by atoms with E-state index in [1.807, 2.05) is 67.7 Å². The molecule has 0 saturated heterocycles. The van der Waals surface area contributed by atoms with Gasteiger partial charge in [0.25, 0.3) is 0 Å². The lowest BCUT2D eigenvalue weighted by Crippen LogP contribution is -2.22. The predicted octanol–water partition coefficient (Wildman–Crippen LogP) is 3.26. The van der Waals surface area contributed by atoms with Gasteiger partial charge in [-0.3, -0.25) is 9.48 Å². The van der Waals surface area contributed by atoms with Crippen molar-refractivity contribution in [3.05, 3.63) is 77.6 Å². The maximum absolute atomic E-state index is 12.0. The van der Waals surface area contributed by atoms with Crippen molar-refractivity contribution >= 4 is 5.91 Å². The molecule has 0 saturated carbocycles. The summed E-state index contributed by atoms with van der Waals surface area (Å²) in [5.74, 6) is 0.848. The van der Waals surface area contributed by atoms with Crippen LogP contribution in [0.5, 0.6) is 5.75 Å². The lowest BCUT2D eigenvalue weighted by Gasteiger charge is -2.06. The Kier molecular flexibility index (Phi) is 6.57. The van der Waals surface area contributed by atoms with E-state index in [1.54, 1.807) is 4.68 Å². The molecule has 0 radical (unpaired) electrons. The number of benzene rings is 2. The molecule has 0 atom stereocenters. The highest BCUT2D eigenvalue weighted by molar-refractivity contribution is 5.75. The Labute approximate surface area is 159 Å². The lowest BCUT2D eigenvalue weighted by atomic mass is 10.1. The summed E-state index contributed by atoms with van der Waals surface area (Å²) in [4.78, 5) is 12.0. The number of amides is 1. The zero-order valence-corrected chi connectivity index (χ0v) is 15.5. The van der Waals surface area contributed by atoms with Gasteiger partial charge in [0.05, 0.1) is 6.20 Å². The van der Waals surface area contributed by atoms with Gasteiger partial charge in [-0.2, -0.15) is 0 Å². The highest BCUT2D eigenvalue weighted by atomic mass is 16.5. The second-order valence-electron chi connectivity index (χ2n) is 6.44. The van der Waals surface area contributed by atoms with Gasteiger partial charge in [0.2, 0.25) is 5.91 Å². The van der Waals surface area contributed by atoms with E-state index < -0.39 is 0 Å². The number of hydrogen-bond acceptors (Lipinski definition) is 4. The average Bonchev–Trinajstić information content (AvgIpc) is 3.14. The smallest absolute Gasteiger partial charge is 0.220 e. The van der Waals surface area contributed by atoms with Crippen LogP contribution in [-0.4, -0.2) is 20.9 Å². The number of nitrogens with one attached hydrogen (secondary N) is 1. The fourth-order valence-electron chi connectivity index (χ4n) is 2.58. The number of carbonyl (C=O) groups is 1. The van der Waals surface area contributed by atoms with E-state index in [4.69, 9.17) is 4.74 Å². The van der Waals surface area contributed by atoms with Crippen molar-refractivity contribution in [1.82, 2.24) is 20.3 Å². The number of ether oxygens (including phenoxy) is 1. The summed E-state index contributed by atoms with van der Waals surface area (Å²) in [7, 11) is 0. The molecule has 2 aromatic carbocycles. The van der Waals surface area contributed by atoms with E-state index >= 15 is 0 Å².